The minimum Gasteiger partial charge on any atom is -0.393 e. The summed E-state index contributed by atoms with van der Waals surface area (Å²) in [6, 6.07) is 1.46. The topological polar surface area (TPSA) is 66.0 Å². The number of aromatic amines is 1. The molecule has 0 amide bonds. The van der Waals surface area contributed by atoms with E-state index in [0.29, 0.717) is 17.3 Å². The lowest BCUT2D eigenvalue weighted by atomic mass is 10.3. The molecule has 1 atom stereocenters. The second kappa shape index (κ2) is 5.17. The van der Waals surface area contributed by atoms with Crippen molar-refractivity contribution in [3.63, 3.8) is 0 Å². The SMILES string of the molecule is Cc1cc(=O)[nH]c(SCCC(C)O)n1. The van der Waals surface area contributed by atoms with Crippen LogP contribution >= 0.6 is 11.8 Å². The molecule has 78 valence electrons. The quantitative estimate of drug-likeness (QED) is 0.578. The van der Waals surface area contributed by atoms with Gasteiger partial charge in [-0.1, -0.05) is 11.8 Å². The third kappa shape index (κ3) is 3.93. The zero-order chi connectivity index (χ0) is 10.6. The summed E-state index contributed by atoms with van der Waals surface area (Å²) in [6.45, 7) is 3.53. The van der Waals surface area contributed by atoms with E-state index in [0.717, 1.165) is 5.75 Å². The molecule has 5 heteroatoms. The van der Waals surface area contributed by atoms with E-state index in [9.17, 15) is 4.79 Å². The van der Waals surface area contributed by atoms with E-state index in [2.05, 4.69) is 9.97 Å². The highest BCUT2D eigenvalue weighted by atomic mass is 32.2. The first-order valence-electron chi connectivity index (χ1n) is 4.47. The van der Waals surface area contributed by atoms with Crippen LogP contribution in [-0.4, -0.2) is 26.9 Å². The van der Waals surface area contributed by atoms with E-state index in [4.69, 9.17) is 5.11 Å². The van der Waals surface area contributed by atoms with Crippen LogP contribution in [0.5, 0.6) is 0 Å². The number of H-pyrrole nitrogens is 1. The van der Waals surface area contributed by atoms with Crippen LogP contribution in [0.1, 0.15) is 19.0 Å². The molecule has 0 aromatic carbocycles. The van der Waals surface area contributed by atoms with Crippen LogP contribution in [0.2, 0.25) is 0 Å². The molecule has 1 heterocycles. The number of nitrogens with one attached hydrogen (secondary N) is 1. The molecule has 1 unspecified atom stereocenters. The van der Waals surface area contributed by atoms with Gasteiger partial charge in [0, 0.05) is 17.5 Å². The number of aliphatic hydroxyl groups is 1. The predicted octanol–water partition coefficient (Wildman–Crippen LogP) is 0.941. The average Bonchev–Trinajstić information content (AvgIpc) is 2.01. The van der Waals surface area contributed by atoms with E-state index in [1.807, 2.05) is 0 Å². The fraction of sp³-hybridized carbons (Fsp3) is 0.556. The van der Waals surface area contributed by atoms with Crippen LogP contribution in [0.4, 0.5) is 0 Å². The van der Waals surface area contributed by atoms with E-state index in [1.54, 1.807) is 13.8 Å². The summed E-state index contributed by atoms with van der Waals surface area (Å²) >= 11 is 1.45. The van der Waals surface area contributed by atoms with Gasteiger partial charge in [-0.25, -0.2) is 4.98 Å². The minimum absolute atomic E-state index is 0.128. The number of nitrogens with zero attached hydrogens (tertiary/aromatic N) is 1. The molecular weight excluding hydrogens is 200 g/mol. The van der Waals surface area contributed by atoms with Gasteiger partial charge in [-0.15, -0.1) is 0 Å². The fourth-order valence-electron chi connectivity index (χ4n) is 0.946. The highest BCUT2D eigenvalue weighted by Gasteiger charge is 2.00. The van der Waals surface area contributed by atoms with Crippen molar-refractivity contribution in [3.05, 3.63) is 22.1 Å². The molecule has 0 radical (unpaired) electrons. The molecule has 4 nitrogen and oxygen atoms in total. The molecule has 0 aliphatic carbocycles. The van der Waals surface area contributed by atoms with Gasteiger partial charge in [0.1, 0.15) is 0 Å². The van der Waals surface area contributed by atoms with Gasteiger partial charge in [0.05, 0.1) is 6.10 Å². The standard InChI is InChI=1S/C9H14N2O2S/c1-6-5-8(13)11-9(10-6)14-4-3-7(2)12/h5,7,12H,3-4H2,1-2H3,(H,10,11,13). The minimum atomic E-state index is -0.306. The average molecular weight is 214 g/mol. The second-order valence-electron chi connectivity index (χ2n) is 3.18. The molecule has 2 N–H and O–H groups in total. The van der Waals surface area contributed by atoms with Crippen LogP contribution in [0, 0.1) is 6.92 Å². The molecule has 0 aliphatic heterocycles. The molecule has 1 aromatic rings. The second-order valence-corrected chi connectivity index (χ2v) is 4.26. The Balaban J connectivity index is 2.55. The van der Waals surface area contributed by atoms with Gasteiger partial charge in [0.25, 0.3) is 5.56 Å². The molecule has 0 aliphatic rings. The Morgan fingerprint density at radius 1 is 1.71 bits per heavy atom. The van der Waals surface area contributed by atoms with Gasteiger partial charge in [-0.2, -0.15) is 0 Å². The highest BCUT2D eigenvalue weighted by Crippen LogP contribution is 2.13. The highest BCUT2D eigenvalue weighted by molar-refractivity contribution is 7.99. The Kier molecular flexibility index (Phi) is 4.16. The predicted molar refractivity (Wildman–Crippen MR) is 56.6 cm³/mol. The third-order valence-corrected chi connectivity index (χ3v) is 2.53. The van der Waals surface area contributed by atoms with Crippen LogP contribution in [0.3, 0.4) is 0 Å². The van der Waals surface area contributed by atoms with Gasteiger partial charge >= 0.3 is 0 Å². The molecule has 0 bridgehead atoms. The number of rotatable bonds is 4. The first-order chi connectivity index (χ1) is 6.58. The van der Waals surface area contributed by atoms with Gasteiger partial charge in [-0.3, -0.25) is 4.79 Å². The normalized spacial score (nSPS) is 12.8. The largest absolute Gasteiger partial charge is 0.393 e. The van der Waals surface area contributed by atoms with Crippen molar-refractivity contribution in [2.24, 2.45) is 0 Å². The molecule has 0 saturated heterocycles. The number of hydrogen-bond acceptors (Lipinski definition) is 4. The summed E-state index contributed by atoms with van der Waals surface area (Å²) in [6.07, 6.45) is 0.390. The summed E-state index contributed by atoms with van der Waals surface area (Å²) in [7, 11) is 0. The van der Waals surface area contributed by atoms with Crippen LogP contribution < -0.4 is 5.56 Å². The van der Waals surface area contributed by atoms with Crippen LogP contribution in [0.25, 0.3) is 0 Å². The Hall–Kier alpha value is -0.810. The molecule has 1 aromatic heterocycles. The summed E-state index contributed by atoms with van der Waals surface area (Å²) in [5, 5.41) is 9.65. The Morgan fingerprint density at radius 3 is 3.00 bits per heavy atom. The zero-order valence-electron chi connectivity index (χ0n) is 8.28. The molecular formula is C9H14N2O2S. The van der Waals surface area contributed by atoms with E-state index in [1.165, 1.54) is 17.8 Å². The van der Waals surface area contributed by atoms with Gasteiger partial charge in [0.15, 0.2) is 5.16 Å². The molecule has 0 saturated carbocycles. The van der Waals surface area contributed by atoms with Gasteiger partial charge in [-0.05, 0) is 20.3 Å². The fourth-order valence-corrected chi connectivity index (χ4v) is 1.98. The third-order valence-electron chi connectivity index (χ3n) is 1.62. The summed E-state index contributed by atoms with van der Waals surface area (Å²) in [5.74, 6) is 0.754. The van der Waals surface area contributed by atoms with Crippen molar-refractivity contribution in [1.29, 1.82) is 0 Å². The van der Waals surface area contributed by atoms with Crippen LogP contribution in [0.15, 0.2) is 16.0 Å². The van der Waals surface area contributed by atoms with E-state index < -0.39 is 0 Å². The molecule has 0 spiro atoms. The lowest BCUT2D eigenvalue weighted by Gasteiger charge is -2.03. The van der Waals surface area contributed by atoms with Crippen molar-refractivity contribution >= 4 is 11.8 Å². The Labute approximate surface area is 86.8 Å². The first-order valence-corrected chi connectivity index (χ1v) is 5.45. The monoisotopic (exact) mass is 214 g/mol. The maximum atomic E-state index is 11.0. The number of hydrogen-bond donors (Lipinski definition) is 2. The zero-order valence-corrected chi connectivity index (χ0v) is 9.10. The number of aryl methyl sites for hydroxylation is 1. The number of aliphatic hydroxyl groups excluding tert-OH is 1. The van der Waals surface area contributed by atoms with Crippen LogP contribution in [-0.2, 0) is 0 Å². The summed E-state index contributed by atoms with van der Waals surface area (Å²) < 4.78 is 0. The van der Waals surface area contributed by atoms with E-state index in [-0.39, 0.29) is 11.7 Å². The summed E-state index contributed by atoms with van der Waals surface area (Å²) in [5.41, 5.74) is 0.588. The van der Waals surface area contributed by atoms with Gasteiger partial charge in [0.2, 0.25) is 0 Å². The lowest BCUT2D eigenvalue weighted by molar-refractivity contribution is 0.192. The Morgan fingerprint density at radius 2 is 2.43 bits per heavy atom. The van der Waals surface area contributed by atoms with E-state index >= 15 is 0 Å². The van der Waals surface area contributed by atoms with Crippen molar-refractivity contribution in [2.45, 2.75) is 31.5 Å². The number of aromatic nitrogens is 2. The van der Waals surface area contributed by atoms with Crippen molar-refractivity contribution in [1.82, 2.24) is 9.97 Å². The summed E-state index contributed by atoms with van der Waals surface area (Å²) in [4.78, 5) is 17.8. The maximum Gasteiger partial charge on any atom is 0.251 e. The van der Waals surface area contributed by atoms with Crippen molar-refractivity contribution in [2.75, 3.05) is 5.75 Å². The lowest BCUT2D eigenvalue weighted by Crippen LogP contribution is -2.09. The van der Waals surface area contributed by atoms with Crippen molar-refractivity contribution < 1.29 is 5.11 Å². The van der Waals surface area contributed by atoms with Crippen molar-refractivity contribution in [3.8, 4) is 0 Å². The smallest absolute Gasteiger partial charge is 0.251 e. The molecule has 14 heavy (non-hydrogen) atoms. The molecule has 0 fully saturated rings. The molecule has 1 rings (SSSR count). The Bertz CT molecular complexity index is 349. The maximum absolute atomic E-state index is 11.0. The first kappa shape index (κ1) is 11.3. The number of thioether (sulfide) groups is 1. The van der Waals surface area contributed by atoms with Gasteiger partial charge < -0.3 is 10.1 Å².